The summed E-state index contributed by atoms with van der Waals surface area (Å²) in [6, 6.07) is 8.04. The van der Waals surface area contributed by atoms with Crippen LogP contribution in [0.15, 0.2) is 50.6 Å². The molecule has 3 N–H and O–H groups in total. The quantitative estimate of drug-likeness (QED) is 0.358. The number of carbonyl (C=O) groups is 1. The summed E-state index contributed by atoms with van der Waals surface area (Å²) in [5.41, 5.74) is 1.47. The van der Waals surface area contributed by atoms with Crippen molar-refractivity contribution in [3.05, 3.63) is 51.6 Å². The average Bonchev–Trinajstić information content (AvgIpc) is 3.20. The summed E-state index contributed by atoms with van der Waals surface area (Å²) in [5.74, 6) is -0.0235. The summed E-state index contributed by atoms with van der Waals surface area (Å²) in [6.07, 6.45) is 1.33. The summed E-state index contributed by atoms with van der Waals surface area (Å²) in [7, 11) is -3.71. The average molecular weight is 481 g/mol. The van der Waals surface area contributed by atoms with Gasteiger partial charge in [-0.15, -0.1) is 11.3 Å². The van der Waals surface area contributed by atoms with Gasteiger partial charge in [-0.25, -0.2) is 18.5 Å². The van der Waals surface area contributed by atoms with Crippen LogP contribution in [0.3, 0.4) is 0 Å². The Bertz CT molecular complexity index is 1230. The normalized spacial score (nSPS) is 12.7. The minimum atomic E-state index is -3.71. The molecule has 0 saturated heterocycles. The van der Waals surface area contributed by atoms with Crippen LogP contribution in [0.5, 0.6) is 0 Å². The van der Waals surface area contributed by atoms with Crippen LogP contribution < -0.4 is 16.0 Å². The fourth-order valence-corrected chi connectivity index (χ4v) is 5.16. The van der Waals surface area contributed by atoms with Crippen molar-refractivity contribution in [1.82, 2.24) is 14.9 Å². The zero-order valence-electron chi connectivity index (χ0n) is 17.2. The number of sulfonamides is 1. The Morgan fingerprint density at radius 2 is 2.00 bits per heavy atom. The van der Waals surface area contributed by atoms with Gasteiger partial charge in [0.1, 0.15) is 4.70 Å². The molecule has 8 nitrogen and oxygen atoms in total. The first-order chi connectivity index (χ1) is 14.7. The molecule has 2 heterocycles. The van der Waals surface area contributed by atoms with Gasteiger partial charge in [0.15, 0.2) is 5.16 Å². The van der Waals surface area contributed by atoms with Gasteiger partial charge >= 0.3 is 0 Å². The van der Waals surface area contributed by atoms with Gasteiger partial charge in [0.05, 0.1) is 16.2 Å². The van der Waals surface area contributed by atoms with Gasteiger partial charge in [-0.05, 0) is 48.9 Å². The molecule has 1 aromatic carbocycles. The van der Waals surface area contributed by atoms with Crippen LogP contribution in [-0.4, -0.2) is 36.2 Å². The molecular formula is C20H24N4O4S3. The number of rotatable bonds is 9. The van der Waals surface area contributed by atoms with E-state index in [9.17, 15) is 18.0 Å². The Labute approximate surface area is 188 Å². The number of hydrogen-bond acceptors (Lipinski definition) is 7. The first-order valence-corrected chi connectivity index (χ1v) is 13.1. The van der Waals surface area contributed by atoms with Crippen LogP contribution in [0.1, 0.15) is 31.9 Å². The number of nitrogens with one attached hydrogen (secondary N) is 1. The number of benzene rings is 1. The standard InChI is InChI=1S/C20H24N4O4S3/c1-3-13(2)24-19(26)18-16(9-11-29-18)23-20(24)30-12-17(25)22-10-8-14-4-6-15(7-5-14)31(21,27)28/h4-7,9,11,13H,3,8,10,12H2,1-2H3,(H,22,25)(H2,21,27,28)/t13-/m1/s1. The van der Waals surface area contributed by atoms with Crippen molar-refractivity contribution in [3.63, 3.8) is 0 Å². The first kappa shape index (κ1) is 23.5. The Morgan fingerprint density at radius 1 is 1.29 bits per heavy atom. The summed E-state index contributed by atoms with van der Waals surface area (Å²) < 4.78 is 24.9. The molecular weight excluding hydrogens is 456 g/mol. The second-order valence-electron chi connectivity index (χ2n) is 7.04. The zero-order valence-corrected chi connectivity index (χ0v) is 19.6. The zero-order chi connectivity index (χ0) is 22.6. The summed E-state index contributed by atoms with van der Waals surface area (Å²) in [6.45, 7) is 4.38. The van der Waals surface area contributed by atoms with E-state index >= 15 is 0 Å². The second-order valence-corrected chi connectivity index (χ2v) is 10.5. The monoisotopic (exact) mass is 480 g/mol. The number of thiophene rings is 1. The molecule has 3 aromatic rings. The predicted octanol–water partition coefficient (Wildman–Crippen LogP) is 2.53. The van der Waals surface area contributed by atoms with Gasteiger partial charge in [-0.3, -0.25) is 14.2 Å². The number of primary sulfonamides is 1. The Morgan fingerprint density at radius 3 is 2.65 bits per heavy atom. The second kappa shape index (κ2) is 9.94. The van der Waals surface area contributed by atoms with Gasteiger partial charge in [0.25, 0.3) is 5.56 Å². The number of carbonyl (C=O) groups excluding carboxylic acids is 1. The van der Waals surface area contributed by atoms with E-state index in [4.69, 9.17) is 5.14 Å². The predicted molar refractivity (Wildman–Crippen MR) is 124 cm³/mol. The maximum atomic E-state index is 12.8. The molecule has 1 atom stereocenters. The number of amides is 1. The van der Waals surface area contributed by atoms with Crippen LogP contribution in [-0.2, 0) is 21.2 Å². The third-order valence-electron chi connectivity index (χ3n) is 4.83. The van der Waals surface area contributed by atoms with Gasteiger partial charge in [0.2, 0.25) is 15.9 Å². The molecule has 0 radical (unpaired) electrons. The maximum Gasteiger partial charge on any atom is 0.272 e. The van der Waals surface area contributed by atoms with Crippen molar-refractivity contribution in [2.24, 2.45) is 5.14 Å². The fourth-order valence-electron chi connectivity index (χ4n) is 2.95. The summed E-state index contributed by atoms with van der Waals surface area (Å²) in [4.78, 5) is 29.8. The van der Waals surface area contributed by atoms with Crippen LogP contribution in [0.2, 0.25) is 0 Å². The number of hydrogen-bond donors (Lipinski definition) is 2. The SMILES string of the molecule is CC[C@@H](C)n1c(SCC(=O)NCCc2ccc(S(N)(=O)=O)cc2)nc2ccsc2c1=O. The lowest BCUT2D eigenvalue weighted by atomic mass is 10.1. The van der Waals surface area contributed by atoms with Crippen LogP contribution in [0.25, 0.3) is 10.2 Å². The molecule has 0 aliphatic heterocycles. The molecule has 0 aliphatic carbocycles. The highest BCUT2D eigenvalue weighted by atomic mass is 32.2. The Balaban J connectivity index is 1.59. The van der Waals surface area contributed by atoms with Crippen molar-refractivity contribution in [2.45, 2.75) is 42.8 Å². The molecule has 0 bridgehead atoms. The van der Waals surface area contributed by atoms with Crippen LogP contribution >= 0.6 is 23.1 Å². The van der Waals surface area contributed by atoms with Crippen LogP contribution in [0.4, 0.5) is 0 Å². The molecule has 1 amide bonds. The lowest BCUT2D eigenvalue weighted by Gasteiger charge is -2.17. The van der Waals surface area contributed by atoms with Gasteiger partial charge in [0, 0.05) is 12.6 Å². The van der Waals surface area contributed by atoms with Crippen molar-refractivity contribution >= 4 is 49.2 Å². The van der Waals surface area contributed by atoms with Crippen LogP contribution in [0, 0.1) is 0 Å². The molecule has 3 rings (SSSR count). The number of aromatic nitrogens is 2. The minimum Gasteiger partial charge on any atom is -0.355 e. The number of fused-ring (bicyclic) bond motifs is 1. The topological polar surface area (TPSA) is 124 Å². The molecule has 0 saturated carbocycles. The largest absolute Gasteiger partial charge is 0.355 e. The van der Waals surface area contributed by atoms with E-state index < -0.39 is 10.0 Å². The van der Waals surface area contributed by atoms with E-state index in [2.05, 4.69) is 10.3 Å². The van der Waals surface area contributed by atoms with E-state index in [1.54, 1.807) is 16.7 Å². The van der Waals surface area contributed by atoms with E-state index in [0.29, 0.717) is 28.3 Å². The molecule has 0 spiro atoms. The fraction of sp³-hybridized carbons (Fsp3) is 0.350. The molecule has 0 unspecified atom stereocenters. The van der Waals surface area contributed by atoms with Crippen molar-refractivity contribution in [3.8, 4) is 0 Å². The highest BCUT2D eigenvalue weighted by Gasteiger charge is 2.17. The lowest BCUT2D eigenvalue weighted by Crippen LogP contribution is -2.29. The highest BCUT2D eigenvalue weighted by molar-refractivity contribution is 7.99. The Hall–Kier alpha value is -2.21. The third-order valence-corrected chi connectivity index (χ3v) is 7.60. The summed E-state index contributed by atoms with van der Waals surface area (Å²) in [5, 5.41) is 10.3. The Kier molecular flexibility index (Phi) is 7.52. The maximum absolute atomic E-state index is 12.8. The van der Waals surface area contributed by atoms with Crippen molar-refractivity contribution in [1.29, 1.82) is 0 Å². The minimum absolute atomic E-state index is 0.0163. The van der Waals surface area contributed by atoms with E-state index in [1.165, 1.54) is 35.2 Å². The number of nitrogens with zero attached hydrogens (tertiary/aromatic N) is 2. The highest BCUT2D eigenvalue weighted by Crippen LogP contribution is 2.24. The van der Waals surface area contributed by atoms with E-state index in [0.717, 1.165) is 12.0 Å². The lowest BCUT2D eigenvalue weighted by molar-refractivity contribution is -0.118. The van der Waals surface area contributed by atoms with Gasteiger partial charge < -0.3 is 5.32 Å². The number of thioether (sulfide) groups is 1. The van der Waals surface area contributed by atoms with Crippen molar-refractivity contribution < 1.29 is 13.2 Å². The molecule has 2 aromatic heterocycles. The first-order valence-electron chi connectivity index (χ1n) is 9.71. The van der Waals surface area contributed by atoms with E-state index in [-0.39, 0.29) is 28.2 Å². The molecule has 0 aliphatic rings. The molecule has 166 valence electrons. The third kappa shape index (κ3) is 5.73. The van der Waals surface area contributed by atoms with E-state index in [1.807, 2.05) is 25.3 Å². The molecule has 11 heteroatoms. The number of nitrogens with two attached hydrogens (primary N) is 1. The van der Waals surface area contributed by atoms with Gasteiger partial charge in [-0.2, -0.15) is 0 Å². The van der Waals surface area contributed by atoms with Gasteiger partial charge in [-0.1, -0.05) is 30.8 Å². The summed E-state index contributed by atoms with van der Waals surface area (Å²) >= 11 is 2.62. The molecule has 0 fully saturated rings. The molecule has 31 heavy (non-hydrogen) atoms. The van der Waals surface area contributed by atoms with Crippen molar-refractivity contribution in [2.75, 3.05) is 12.3 Å². The smallest absolute Gasteiger partial charge is 0.272 e.